The van der Waals surface area contributed by atoms with Crippen LogP contribution >= 0.6 is 11.3 Å². The number of ether oxygens (including phenoxy) is 4. The van der Waals surface area contributed by atoms with Gasteiger partial charge in [-0.25, -0.2) is 4.79 Å². The molecule has 0 spiro atoms. The molecule has 1 N–H and O–H groups in total. The lowest BCUT2D eigenvalue weighted by atomic mass is 10.1. The average Bonchev–Trinajstić information content (AvgIpc) is 3.38. The second-order valence-corrected chi connectivity index (χ2v) is 7.42. The molecule has 9 heteroatoms. The van der Waals surface area contributed by atoms with E-state index >= 15 is 0 Å². The van der Waals surface area contributed by atoms with Gasteiger partial charge in [-0.3, -0.25) is 4.79 Å². The van der Waals surface area contributed by atoms with Crippen LogP contribution in [0.5, 0.6) is 23.0 Å². The molecule has 3 aromatic rings. The third-order valence-electron chi connectivity index (χ3n) is 4.43. The number of rotatable bonds is 8. The molecule has 0 aliphatic rings. The normalized spacial score (nSPS) is 10.7. The number of nitrogens with zero attached hydrogens (tertiary/aromatic N) is 1. The van der Waals surface area contributed by atoms with Gasteiger partial charge in [0.15, 0.2) is 23.0 Å². The Morgan fingerprint density at radius 3 is 2.27 bits per heavy atom. The summed E-state index contributed by atoms with van der Waals surface area (Å²) in [6.07, 6.45) is 1.41. The fraction of sp³-hybridized carbons (Fsp3) is 0.125. The van der Waals surface area contributed by atoms with Crippen LogP contribution in [0.15, 0.2) is 59.5 Å². The molecule has 0 unspecified atom stereocenters. The summed E-state index contributed by atoms with van der Waals surface area (Å²) in [6.45, 7) is 0. The summed E-state index contributed by atoms with van der Waals surface area (Å²) in [5.41, 5.74) is 0.823. The average molecular weight is 464 g/mol. The van der Waals surface area contributed by atoms with Gasteiger partial charge in [-0.1, -0.05) is 12.1 Å². The first kappa shape index (κ1) is 23.4. The van der Waals surface area contributed by atoms with Crippen molar-refractivity contribution in [3.05, 3.63) is 69.9 Å². The van der Waals surface area contributed by atoms with E-state index in [1.165, 1.54) is 44.8 Å². The number of methoxy groups -OCH3 is 3. The highest BCUT2D eigenvalue weighted by Crippen LogP contribution is 2.31. The lowest BCUT2D eigenvalue weighted by molar-refractivity contribution is -0.112. The molecule has 1 amide bonds. The molecule has 2 aromatic carbocycles. The zero-order chi connectivity index (χ0) is 23.8. The number of carbonyl (C=O) groups excluding carboxylic acids is 2. The van der Waals surface area contributed by atoms with E-state index in [1.54, 1.807) is 47.8 Å². The molecule has 1 aromatic heterocycles. The fourth-order valence-corrected chi connectivity index (χ4v) is 3.43. The smallest absolute Gasteiger partial charge is 0.353 e. The Balaban J connectivity index is 1.79. The molecule has 8 nitrogen and oxygen atoms in total. The van der Waals surface area contributed by atoms with E-state index in [0.717, 1.165) is 0 Å². The minimum atomic E-state index is -0.600. The van der Waals surface area contributed by atoms with Crippen molar-refractivity contribution >= 4 is 35.0 Å². The molecule has 0 bridgehead atoms. The number of benzene rings is 2. The molecule has 3 rings (SSSR count). The SMILES string of the molecule is COc1ccc(NC(=O)/C(C#N)=C/c2ccc(OC(=O)c3cccs3)c(OC)c2)cc1OC. The summed E-state index contributed by atoms with van der Waals surface area (Å²) in [5, 5.41) is 13.9. The van der Waals surface area contributed by atoms with Crippen LogP contribution in [-0.2, 0) is 4.79 Å². The van der Waals surface area contributed by atoms with Crippen molar-refractivity contribution in [2.45, 2.75) is 0 Å². The first-order chi connectivity index (χ1) is 16.0. The summed E-state index contributed by atoms with van der Waals surface area (Å²) in [7, 11) is 4.43. The van der Waals surface area contributed by atoms with Crippen molar-refractivity contribution in [3.8, 4) is 29.1 Å². The second kappa shape index (κ2) is 10.8. The van der Waals surface area contributed by atoms with Crippen molar-refractivity contribution in [3.63, 3.8) is 0 Å². The number of nitriles is 1. The molecule has 33 heavy (non-hydrogen) atoms. The van der Waals surface area contributed by atoms with E-state index in [2.05, 4.69) is 5.32 Å². The predicted molar refractivity (Wildman–Crippen MR) is 124 cm³/mol. The Morgan fingerprint density at radius 1 is 0.939 bits per heavy atom. The van der Waals surface area contributed by atoms with Crippen LogP contribution in [0.4, 0.5) is 5.69 Å². The highest BCUT2D eigenvalue weighted by Gasteiger charge is 2.15. The topological polar surface area (TPSA) is 107 Å². The zero-order valence-corrected chi connectivity index (χ0v) is 18.9. The van der Waals surface area contributed by atoms with Gasteiger partial charge >= 0.3 is 5.97 Å². The van der Waals surface area contributed by atoms with E-state index in [4.69, 9.17) is 18.9 Å². The van der Waals surface area contributed by atoms with Crippen LogP contribution in [0.25, 0.3) is 6.08 Å². The maximum atomic E-state index is 12.6. The van der Waals surface area contributed by atoms with E-state index in [9.17, 15) is 14.9 Å². The summed E-state index contributed by atoms with van der Waals surface area (Å²) in [5.74, 6) is 0.358. The summed E-state index contributed by atoms with van der Waals surface area (Å²) in [4.78, 5) is 25.3. The fourth-order valence-electron chi connectivity index (χ4n) is 2.83. The Hall–Kier alpha value is -4.29. The Morgan fingerprint density at radius 2 is 1.64 bits per heavy atom. The number of amides is 1. The van der Waals surface area contributed by atoms with Crippen molar-refractivity contribution in [2.24, 2.45) is 0 Å². The first-order valence-electron chi connectivity index (χ1n) is 9.58. The number of nitrogens with one attached hydrogen (secondary N) is 1. The standard InChI is InChI=1S/C24H20N2O6S/c1-29-18-9-7-17(13-21(18)31-3)26-23(27)16(14-25)11-15-6-8-19(20(12-15)30-2)32-24(28)22-5-4-10-33-22/h4-13H,1-3H3,(H,26,27)/b16-11+. The highest BCUT2D eigenvalue weighted by atomic mass is 32.1. The van der Waals surface area contributed by atoms with Gasteiger partial charge in [0.25, 0.3) is 5.91 Å². The van der Waals surface area contributed by atoms with Crippen LogP contribution in [0.3, 0.4) is 0 Å². The lowest BCUT2D eigenvalue weighted by Crippen LogP contribution is -2.13. The van der Waals surface area contributed by atoms with Gasteiger partial charge in [0, 0.05) is 11.8 Å². The van der Waals surface area contributed by atoms with Gasteiger partial charge in [0.1, 0.15) is 16.5 Å². The quantitative estimate of drug-likeness (QED) is 0.226. The number of hydrogen-bond acceptors (Lipinski definition) is 8. The number of esters is 1. The summed E-state index contributed by atoms with van der Waals surface area (Å²) in [6, 6.07) is 14.9. The molecule has 0 radical (unpaired) electrons. The van der Waals surface area contributed by atoms with Gasteiger partial charge < -0.3 is 24.3 Å². The third kappa shape index (κ3) is 5.70. The van der Waals surface area contributed by atoms with E-state index < -0.39 is 11.9 Å². The largest absolute Gasteiger partial charge is 0.493 e. The Labute approximate surface area is 194 Å². The van der Waals surface area contributed by atoms with Crippen molar-refractivity contribution in [1.29, 1.82) is 5.26 Å². The molecule has 0 aliphatic heterocycles. The number of hydrogen-bond donors (Lipinski definition) is 1. The van der Waals surface area contributed by atoms with Crippen LogP contribution in [0.2, 0.25) is 0 Å². The van der Waals surface area contributed by atoms with E-state index in [-0.39, 0.29) is 17.1 Å². The van der Waals surface area contributed by atoms with E-state index in [0.29, 0.717) is 27.6 Å². The van der Waals surface area contributed by atoms with Gasteiger partial charge in [-0.2, -0.15) is 5.26 Å². The predicted octanol–water partition coefficient (Wildman–Crippen LogP) is 4.54. The summed E-state index contributed by atoms with van der Waals surface area (Å²) >= 11 is 1.27. The molecule has 0 atom stereocenters. The summed E-state index contributed by atoms with van der Waals surface area (Å²) < 4.78 is 21.1. The van der Waals surface area contributed by atoms with E-state index in [1.807, 2.05) is 6.07 Å². The molecule has 0 fully saturated rings. The first-order valence-corrected chi connectivity index (χ1v) is 10.5. The van der Waals surface area contributed by atoms with Gasteiger partial charge in [0.05, 0.1) is 21.3 Å². The second-order valence-electron chi connectivity index (χ2n) is 6.47. The highest BCUT2D eigenvalue weighted by molar-refractivity contribution is 7.12. The molecule has 1 heterocycles. The van der Waals surface area contributed by atoms with Crippen LogP contribution in [0.1, 0.15) is 15.2 Å². The molecule has 0 aliphatic carbocycles. The minimum absolute atomic E-state index is 0.129. The monoisotopic (exact) mass is 464 g/mol. The van der Waals surface area contributed by atoms with Gasteiger partial charge in [-0.15, -0.1) is 11.3 Å². The maximum absolute atomic E-state index is 12.6. The molecule has 0 saturated heterocycles. The van der Waals surface area contributed by atoms with Crippen molar-refractivity contribution in [1.82, 2.24) is 0 Å². The molecular weight excluding hydrogens is 444 g/mol. The van der Waals surface area contributed by atoms with Gasteiger partial charge in [-0.05, 0) is 47.4 Å². The molecule has 168 valence electrons. The van der Waals surface area contributed by atoms with Crippen LogP contribution < -0.4 is 24.3 Å². The molecular formula is C24H20N2O6S. The molecule has 0 saturated carbocycles. The van der Waals surface area contributed by atoms with Crippen molar-refractivity contribution < 1.29 is 28.5 Å². The number of carbonyl (C=O) groups is 2. The zero-order valence-electron chi connectivity index (χ0n) is 18.1. The van der Waals surface area contributed by atoms with Crippen LogP contribution in [0, 0.1) is 11.3 Å². The number of thiophene rings is 1. The van der Waals surface area contributed by atoms with Gasteiger partial charge in [0.2, 0.25) is 0 Å². The Bertz CT molecular complexity index is 1230. The Kier molecular flexibility index (Phi) is 7.68. The van der Waals surface area contributed by atoms with Crippen molar-refractivity contribution in [2.75, 3.05) is 26.6 Å². The number of anilines is 1. The minimum Gasteiger partial charge on any atom is -0.493 e. The van der Waals surface area contributed by atoms with Crippen LogP contribution in [-0.4, -0.2) is 33.2 Å². The maximum Gasteiger partial charge on any atom is 0.353 e. The third-order valence-corrected chi connectivity index (χ3v) is 5.28. The lowest BCUT2D eigenvalue weighted by Gasteiger charge is -2.11.